The molecule has 0 aliphatic carbocycles. The molecular formula is C20H23N3O. The van der Waals surface area contributed by atoms with Gasteiger partial charge in [-0.15, -0.1) is 0 Å². The van der Waals surface area contributed by atoms with Crippen molar-refractivity contribution in [2.24, 2.45) is 0 Å². The van der Waals surface area contributed by atoms with Crippen LogP contribution in [0.2, 0.25) is 0 Å². The monoisotopic (exact) mass is 321 g/mol. The summed E-state index contributed by atoms with van der Waals surface area (Å²) in [6.07, 6.45) is 3.59. The van der Waals surface area contributed by atoms with Gasteiger partial charge in [-0.2, -0.15) is 10.2 Å². The molecule has 1 aliphatic heterocycles. The predicted octanol–water partition coefficient (Wildman–Crippen LogP) is 4.23. The zero-order valence-electron chi connectivity index (χ0n) is 14.3. The largest absolute Gasteiger partial charge is 0.461 e. The highest BCUT2D eigenvalue weighted by atomic mass is 16.3. The van der Waals surface area contributed by atoms with E-state index < -0.39 is 0 Å². The lowest BCUT2D eigenvalue weighted by molar-refractivity contribution is 0.266. The summed E-state index contributed by atoms with van der Waals surface area (Å²) in [7, 11) is 0. The third-order valence-corrected chi connectivity index (χ3v) is 5.02. The minimum Gasteiger partial charge on any atom is -0.461 e. The van der Waals surface area contributed by atoms with E-state index in [0.29, 0.717) is 6.04 Å². The fourth-order valence-electron chi connectivity index (χ4n) is 3.58. The van der Waals surface area contributed by atoms with E-state index in [1.165, 1.54) is 19.4 Å². The van der Waals surface area contributed by atoms with E-state index in [0.717, 1.165) is 46.6 Å². The first-order chi connectivity index (χ1) is 11.7. The van der Waals surface area contributed by atoms with E-state index in [1.807, 2.05) is 31.2 Å². The molecule has 1 fully saturated rings. The van der Waals surface area contributed by atoms with Crippen molar-refractivity contribution >= 4 is 11.0 Å². The molecule has 4 nitrogen and oxygen atoms in total. The Balaban J connectivity index is 1.60. The fraction of sp³-hybridized carbons (Fsp3) is 0.400. The third-order valence-electron chi connectivity index (χ3n) is 5.02. The highest BCUT2D eigenvalue weighted by Gasteiger charge is 2.20. The Morgan fingerprint density at radius 2 is 2.12 bits per heavy atom. The van der Waals surface area contributed by atoms with E-state index in [1.54, 1.807) is 0 Å². The smallest absolute Gasteiger partial charge is 0.134 e. The van der Waals surface area contributed by atoms with Gasteiger partial charge >= 0.3 is 0 Å². The van der Waals surface area contributed by atoms with Crippen LogP contribution in [0.5, 0.6) is 0 Å². The molecule has 1 saturated heterocycles. The van der Waals surface area contributed by atoms with Crippen molar-refractivity contribution in [3.63, 3.8) is 0 Å². The second-order valence-electron chi connectivity index (χ2n) is 6.77. The Morgan fingerprint density at radius 1 is 1.21 bits per heavy atom. The Hall–Kier alpha value is -2.20. The number of aromatic nitrogens is 2. The summed E-state index contributed by atoms with van der Waals surface area (Å²) in [6.45, 7) is 6.55. The number of likely N-dealkylation sites (tertiary alicyclic amines) is 1. The van der Waals surface area contributed by atoms with E-state index >= 15 is 0 Å². The third kappa shape index (κ3) is 2.94. The van der Waals surface area contributed by atoms with Gasteiger partial charge in [0.05, 0.1) is 11.4 Å². The van der Waals surface area contributed by atoms with Gasteiger partial charge in [-0.05, 0) is 57.5 Å². The molecule has 1 atom stereocenters. The average Bonchev–Trinajstić information content (AvgIpc) is 3.19. The van der Waals surface area contributed by atoms with E-state index in [4.69, 9.17) is 4.42 Å². The van der Waals surface area contributed by atoms with Gasteiger partial charge in [0.15, 0.2) is 0 Å². The van der Waals surface area contributed by atoms with Crippen LogP contribution >= 0.6 is 0 Å². The normalized spacial score (nSPS) is 18.5. The van der Waals surface area contributed by atoms with Crippen molar-refractivity contribution in [2.75, 3.05) is 13.1 Å². The molecule has 1 aliphatic rings. The molecule has 24 heavy (non-hydrogen) atoms. The van der Waals surface area contributed by atoms with Gasteiger partial charge in [0.1, 0.15) is 11.3 Å². The molecular weight excluding hydrogens is 298 g/mol. The second kappa shape index (κ2) is 6.36. The van der Waals surface area contributed by atoms with Crippen LogP contribution in [0.3, 0.4) is 0 Å². The predicted molar refractivity (Wildman–Crippen MR) is 96.0 cm³/mol. The van der Waals surface area contributed by atoms with Gasteiger partial charge in [-0.3, -0.25) is 0 Å². The van der Waals surface area contributed by atoms with Crippen LogP contribution in [0.25, 0.3) is 22.2 Å². The zero-order valence-corrected chi connectivity index (χ0v) is 14.3. The number of nitrogens with zero attached hydrogens (tertiary/aromatic N) is 3. The van der Waals surface area contributed by atoms with Crippen molar-refractivity contribution < 1.29 is 4.42 Å². The molecule has 0 spiro atoms. The number of furan rings is 1. The number of hydrogen-bond donors (Lipinski definition) is 0. The van der Waals surface area contributed by atoms with E-state index in [9.17, 15) is 0 Å². The number of fused-ring (bicyclic) bond motifs is 1. The first kappa shape index (κ1) is 15.3. The summed E-state index contributed by atoms with van der Waals surface area (Å²) < 4.78 is 6.07. The minimum absolute atomic E-state index is 0.702. The van der Waals surface area contributed by atoms with Gasteiger partial charge in [-0.1, -0.05) is 12.1 Å². The maximum absolute atomic E-state index is 6.07. The molecule has 0 amide bonds. The molecule has 2 aromatic heterocycles. The molecule has 3 heterocycles. The minimum atomic E-state index is 0.702. The average molecular weight is 321 g/mol. The van der Waals surface area contributed by atoms with Crippen molar-refractivity contribution in [2.45, 2.75) is 39.2 Å². The fourth-order valence-corrected chi connectivity index (χ4v) is 3.58. The lowest BCUT2D eigenvalue weighted by Gasteiger charge is -2.19. The van der Waals surface area contributed by atoms with Gasteiger partial charge in [-0.25, -0.2) is 0 Å². The number of rotatable bonds is 4. The molecule has 0 N–H and O–H groups in total. The maximum atomic E-state index is 6.07. The van der Waals surface area contributed by atoms with Gasteiger partial charge in [0.25, 0.3) is 0 Å². The first-order valence-electron chi connectivity index (χ1n) is 8.77. The van der Waals surface area contributed by atoms with Crippen molar-refractivity contribution in [3.05, 3.63) is 47.9 Å². The molecule has 1 aromatic carbocycles. The number of hydrogen-bond acceptors (Lipinski definition) is 4. The molecule has 0 bridgehead atoms. The summed E-state index contributed by atoms with van der Waals surface area (Å²) in [5, 5.41) is 9.63. The van der Waals surface area contributed by atoms with Gasteiger partial charge in [0, 0.05) is 30.0 Å². The zero-order chi connectivity index (χ0) is 16.5. The topological polar surface area (TPSA) is 42.2 Å². The first-order valence-corrected chi connectivity index (χ1v) is 8.77. The van der Waals surface area contributed by atoms with Crippen LogP contribution in [0, 0.1) is 6.92 Å². The van der Waals surface area contributed by atoms with E-state index in [2.05, 4.69) is 34.2 Å². The summed E-state index contributed by atoms with van der Waals surface area (Å²) in [5.41, 5.74) is 3.84. The standard InChI is InChI=1S/C20H23N3O/c1-14-8-9-19(22-21-14)17-6-3-7-20-18(17)13-16(24-20)10-12-23-11-4-5-15(23)2/h3,6-9,13,15H,4-5,10-12H2,1-2H3/t15-/m1/s1. The molecule has 0 saturated carbocycles. The summed E-state index contributed by atoms with van der Waals surface area (Å²) in [6, 6.07) is 13.0. The molecule has 3 aromatic rings. The summed E-state index contributed by atoms with van der Waals surface area (Å²) >= 11 is 0. The van der Waals surface area contributed by atoms with Crippen LogP contribution < -0.4 is 0 Å². The van der Waals surface area contributed by atoms with Crippen molar-refractivity contribution in [1.82, 2.24) is 15.1 Å². The molecule has 4 heteroatoms. The highest BCUT2D eigenvalue weighted by Crippen LogP contribution is 2.30. The summed E-state index contributed by atoms with van der Waals surface area (Å²) in [4.78, 5) is 2.56. The van der Waals surface area contributed by atoms with E-state index in [-0.39, 0.29) is 0 Å². The van der Waals surface area contributed by atoms with Crippen molar-refractivity contribution in [1.29, 1.82) is 0 Å². The quantitative estimate of drug-likeness (QED) is 0.721. The van der Waals surface area contributed by atoms with Crippen molar-refractivity contribution in [3.8, 4) is 11.3 Å². The van der Waals surface area contributed by atoms with Crippen LogP contribution in [0.15, 0.2) is 40.8 Å². The Labute approximate surface area is 142 Å². The van der Waals surface area contributed by atoms with Crippen LogP contribution in [-0.2, 0) is 6.42 Å². The van der Waals surface area contributed by atoms with Crippen LogP contribution in [-0.4, -0.2) is 34.2 Å². The molecule has 0 unspecified atom stereocenters. The molecule has 4 rings (SSSR count). The Kier molecular flexibility index (Phi) is 4.07. The SMILES string of the molecule is Cc1ccc(-c2cccc3oc(CCN4CCC[C@H]4C)cc23)nn1. The lowest BCUT2D eigenvalue weighted by Crippen LogP contribution is -2.28. The van der Waals surface area contributed by atoms with Crippen LogP contribution in [0.4, 0.5) is 0 Å². The lowest BCUT2D eigenvalue weighted by atomic mass is 10.1. The Morgan fingerprint density at radius 3 is 2.88 bits per heavy atom. The molecule has 124 valence electrons. The summed E-state index contributed by atoms with van der Waals surface area (Å²) in [5.74, 6) is 1.05. The maximum Gasteiger partial charge on any atom is 0.134 e. The second-order valence-corrected chi connectivity index (χ2v) is 6.77. The number of aryl methyl sites for hydroxylation is 1. The molecule has 0 radical (unpaired) electrons. The van der Waals surface area contributed by atoms with Gasteiger partial charge in [0.2, 0.25) is 0 Å². The highest BCUT2D eigenvalue weighted by molar-refractivity contribution is 5.93. The number of benzene rings is 1. The van der Waals surface area contributed by atoms with Crippen LogP contribution in [0.1, 0.15) is 31.2 Å². The van der Waals surface area contributed by atoms with Gasteiger partial charge < -0.3 is 9.32 Å². The Bertz CT molecular complexity index is 838.